The van der Waals surface area contributed by atoms with Crippen LogP contribution < -0.4 is 0 Å². The Hall–Kier alpha value is -0.880. The van der Waals surface area contributed by atoms with E-state index in [1.165, 1.54) is 12.8 Å². The van der Waals surface area contributed by atoms with Crippen LogP contribution in [0.1, 0.15) is 41.9 Å². The molecule has 0 radical (unpaired) electrons. The van der Waals surface area contributed by atoms with E-state index in [9.17, 15) is 4.79 Å². The molecule has 1 aliphatic rings. The van der Waals surface area contributed by atoms with Crippen LogP contribution in [0.3, 0.4) is 0 Å². The summed E-state index contributed by atoms with van der Waals surface area (Å²) in [6.45, 7) is 1.13. The summed E-state index contributed by atoms with van der Waals surface area (Å²) in [4.78, 5) is 14.4. The van der Waals surface area contributed by atoms with Crippen molar-refractivity contribution in [1.29, 1.82) is 0 Å². The highest BCUT2D eigenvalue weighted by molar-refractivity contribution is 9.09. The highest BCUT2D eigenvalue weighted by atomic mass is 79.9. The number of likely N-dealkylation sites (tertiary alicyclic amines) is 1. The van der Waals surface area contributed by atoms with E-state index in [1.54, 1.807) is 13.2 Å². The Morgan fingerprint density at radius 2 is 2.42 bits per heavy atom. The predicted octanol–water partition coefficient (Wildman–Crippen LogP) is 2.60. The van der Waals surface area contributed by atoms with Gasteiger partial charge in [0.2, 0.25) is 0 Å². The Bertz CT molecular complexity index is 422. The first-order valence-corrected chi connectivity index (χ1v) is 7.70. The normalized spacial score (nSPS) is 20.3. The summed E-state index contributed by atoms with van der Waals surface area (Å²) in [6.07, 6.45) is 4.45. The standard InChI is InChI=1S/C13H19BrN2O3/c1-18-9-11-7-12(15-19-11)13(17)16-6-4-2-3-5-10(16)8-14/h7,10H,2-6,8-9H2,1H3. The van der Waals surface area contributed by atoms with Crippen molar-refractivity contribution in [2.24, 2.45) is 0 Å². The van der Waals surface area contributed by atoms with Crippen LogP contribution in [-0.2, 0) is 11.3 Å². The van der Waals surface area contributed by atoms with Crippen molar-refractivity contribution in [3.63, 3.8) is 0 Å². The van der Waals surface area contributed by atoms with Crippen molar-refractivity contribution in [3.05, 3.63) is 17.5 Å². The molecule has 0 spiro atoms. The van der Waals surface area contributed by atoms with Gasteiger partial charge in [0.1, 0.15) is 6.61 Å². The van der Waals surface area contributed by atoms with E-state index in [4.69, 9.17) is 9.26 Å². The average Bonchev–Trinajstić information content (AvgIpc) is 2.75. The zero-order valence-electron chi connectivity index (χ0n) is 11.1. The van der Waals surface area contributed by atoms with Crippen molar-refractivity contribution in [3.8, 4) is 0 Å². The maximum absolute atomic E-state index is 12.5. The second kappa shape index (κ2) is 7.05. The molecule has 0 saturated carbocycles. The molecule has 6 heteroatoms. The number of ether oxygens (including phenoxy) is 1. The van der Waals surface area contributed by atoms with Gasteiger partial charge in [-0.15, -0.1) is 0 Å². The summed E-state index contributed by atoms with van der Waals surface area (Å²) < 4.78 is 10.0. The summed E-state index contributed by atoms with van der Waals surface area (Å²) in [5.74, 6) is 0.536. The van der Waals surface area contributed by atoms with Crippen LogP contribution in [-0.4, -0.2) is 41.0 Å². The minimum Gasteiger partial charge on any atom is -0.377 e. The molecule has 5 nitrogen and oxygen atoms in total. The van der Waals surface area contributed by atoms with Gasteiger partial charge in [-0.25, -0.2) is 0 Å². The Labute approximate surface area is 121 Å². The zero-order chi connectivity index (χ0) is 13.7. The molecule has 106 valence electrons. The lowest BCUT2D eigenvalue weighted by atomic mass is 10.1. The first-order valence-electron chi connectivity index (χ1n) is 6.57. The number of carbonyl (C=O) groups is 1. The van der Waals surface area contributed by atoms with Gasteiger partial charge in [-0.1, -0.05) is 33.9 Å². The van der Waals surface area contributed by atoms with Gasteiger partial charge in [0.15, 0.2) is 11.5 Å². The van der Waals surface area contributed by atoms with Gasteiger partial charge in [0.05, 0.1) is 0 Å². The molecule has 0 aliphatic carbocycles. The topological polar surface area (TPSA) is 55.6 Å². The van der Waals surface area contributed by atoms with Crippen LogP contribution in [0.2, 0.25) is 0 Å². The van der Waals surface area contributed by atoms with Gasteiger partial charge in [-0.3, -0.25) is 4.79 Å². The van der Waals surface area contributed by atoms with E-state index in [0.717, 1.165) is 24.7 Å². The van der Waals surface area contributed by atoms with Gasteiger partial charge in [-0.2, -0.15) is 0 Å². The van der Waals surface area contributed by atoms with Crippen molar-refractivity contribution < 1.29 is 14.1 Å². The second-order valence-electron chi connectivity index (χ2n) is 4.77. The fourth-order valence-corrected chi connectivity index (χ4v) is 3.05. The molecule has 0 bridgehead atoms. The number of hydrogen-bond donors (Lipinski definition) is 0. The number of aromatic nitrogens is 1. The third kappa shape index (κ3) is 3.57. The number of amides is 1. The Kier molecular flexibility index (Phi) is 5.39. The van der Waals surface area contributed by atoms with E-state index in [-0.39, 0.29) is 11.9 Å². The third-order valence-corrected chi connectivity index (χ3v) is 4.13. The highest BCUT2D eigenvalue weighted by Crippen LogP contribution is 2.20. The fraction of sp³-hybridized carbons (Fsp3) is 0.692. The number of hydrogen-bond acceptors (Lipinski definition) is 4. The summed E-state index contributed by atoms with van der Waals surface area (Å²) in [6, 6.07) is 1.92. The molecule has 1 amide bonds. The van der Waals surface area contributed by atoms with Crippen molar-refractivity contribution in [2.45, 2.75) is 38.3 Å². The molecule has 0 N–H and O–H groups in total. The number of rotatable bonds is 4. The number of carbonyl (C=O) groups excluding carboxylic acids is 1. The fourth-order valence-electron chi connectivity index (χ4n) is 2.38. The smallest absolute Gasteiger partial charge is 0.276 e. The van der Waals surface area contributed by atoms with E-state index in [2.05, 4.69) is 21.1 Å². The lowest BCUT2D eigenvalue weighted by Crippen LogP contribution is -2.41. The van der Waals surface area contributed by atoms with Gasteiger partial charge < -0.3 is 14.2 Å². The summed E-state index contributed by atoms with van der Waals surface area (Å²) in [5, 5.41) is 4.65. The van der Waals surface area contributed by atoms with Crippen molar-refractivity contribution in [1.82, 2.24) is 10.1 Å². The maximum atomic E-state index is 12.5. The number of nitrogens with zero attached hydrogens (tertiary/aromatic N) is 2. The van der Waals surface area contributed by atoms with Gasteiger partial charge in [-0.05, 0) is 12.8 Å². The summed E-state index contributed by atoms with van der Waals surface area (Å²) in [7, 11) is 1.58. The molecular formula is C13H19BrN2O3. The first-order chi connectivity index (χ1) is 9.26. The quantitative estimate of drug-likeness (QED) is 0.796. The number of halogens is 1. The minimum atomic E-state index is -0.0440. The molecule has 2 heterocycles. The molecule has 1 atom stereocenters. The summed E-state index contributed by atoms with van der Waals surface area (Å²) in [5.41, 5.74) is 0.375. The zero-order valence-corrected chi connectivity index (χ0v) is 12.7. The average molecular weight is 331 g/mol. The molecule has 2 rings (SSSR count). The van der Waals surface area contributed by atoms with Crippen LogP contribution in [0.4, 0.5) is 0 Å². The largest absolute Gasteiger partial charge is 0.377 e. The van der Waals surface area contributed by atoms with Crippen LogP contribution in [0.25, 0.3) is 0 Å². The minimum absolute atomic E-state index is 0.0440. The van der Waals surface area contributed by atoms with Crippen LogP contribution >= 0.6 is 15.9 Å². The third-order valence-electron chi connectivity index (χ3n) is 3.38. The lowest BCUT2D eigenvalue weighted by molar-refractivity contribution is 0.0691. The second-order valence-corrected chi connectivity index (χ2v) is 5.41. The Morgan fingerprint density at radius 1 is 1.58 bits per heavy atom. The monoisotopic (exact) mass is 330 g/mol. The molecule has 0 aromatic carbocycles. The van der Waals surface area contributed by atoms with E-state index in [0.29, 0.717) is 18.1 Å². The molecule has 1 saturated heterocycles. The van der Waals surface area contributed by atoms with Gasteiger partial charge >= 0.3 is 0 Å². The van der Waals surface area contributed by atoms with Gasteiger partial charge in [0, 0.05) is 31.1 Å². The van der Waals surface area contributed by atoms with Crippen molar-refractivity contribution in [2.75, 3.05) is 19.0 Å². The van der Waals surface area contributed by atoms with E-state index >= 15 is 0 Å². The predicted molar refractivity (Wildman–Crippen MR) is 74.3 cm³/mol. The van der Waals surface area contributed by atoms with E-state index < -0.39 is 0 Å². The van der Waals surface area contributed by atoms with Crippen molar-refractivity contribution >= 4 is 21.8 Å². The van der Waals surface area contributed by atoms with Crippen LogP contribution in [0, 0.1) is 0 Å². The molecule has 1 aromatic heterocycles. The Morgan fingerprint density at radius 3 is 3.16 bits per heavy atom. The molecule has 1 fully saturated rings. The molecule has 1 aliphatic heterocycles. The number of methoxy groups -OCH3 is 1. The Balaban J connectivity index is 2.10. The SMILES string of the molecule is COCc1cc(C(=O)N2CCCCCC2CBr)no1. The van der Waals surface area contributed by atoms with Crippen LogP contribution in [0.5, 0.6) is 0 Å². The van der Waals surface area contributed by atoms with Crippen LogP contribution in [0.15, 0.2) is 10.6 Å². The lowest BCUT2D eigenvalue weighted by Gasteiger charge is -2.27. The maximum Gasteiger partial charge on any atom is 0.276 e. The summed E-state index contributed by atoms with van der Waals surface area (Å²) >= 11 is 3.50. The molecule has 1 unspecified atom stereocenters. The molecule has 19 heavy (non-hydrogen) atoms. The first kappa shape index (κ1) is 14.5. The number of alkyl halides is 1. The molecular weight excluding hydrogens is 312 g/mol. The van der Waals surface area contributed by atoms with Gasteiger partial charge in [0.25, 0.3) is 5.91 Å². The van der Waals surface area contributed by atoms with E-state index in [1.807, 2.05) is 4.90 Å². The molecule has 1 aromatic rings. The highest BCUT2D eigenvalue weighted by Gasteiger charge is 2.27.